The van der Waals surface area contributed by atoms with Gasteiger partial charge in [0.15, 0.2) is 5.76 Å². The second kappa shape index (κ2) is 8.77. The van der Waals surface area contributed by atoms with E-state index in [0.29, 0.717) is 31.5 Å². The Morgan fingerprint density at radius 3 is 2.46 bits per heavy atom. The summed E-state index contributed by atoms with van der Waals surface area (Å²) in [6.45, 7) is 4.86. The topological polar surface area (TPSA) is 105 Å². The summed E-state index contributed by atoms with van der Waals surface area (Å²) < 4.78 is 10.0. The van der Waals surface area contributed by atoms with Gasteiger partial charge in [0.05, 0.1) is 18.1 Å². The summed E-state index contributed by atoms with van der Waals surface area (Å²) in [5, 5.41) is 5.74. The van der Waals surface area contributed by atoms with Gasteiger partial charge in [-0.2, -0.15) is 0 Å². The lowest BCUT2D eigenvalue weighted by Crippen LogP contribution is -2.54. The van der Waals surface area contributed by atoms with Crippen molar-refractivity contribution in [1.82, 2.24) is 15.5 Å². The van der Waals surface area contributed by atoms with Crippen LogP contribution in [0, 0.1) is 5.92 Å². The van der Waals surface area contributed by atoms with Gasteiger partial charge in [0.25, 0.3) is 11.8 Å². The smallest absolute Gasteiger partial charge is 0.287 e. The van der Waals surface area contributed by atoms with Crippen LogP contribution < -0.4 is 10.6 Å². The Bertz CT molecular complexity index is 790. The van der Waals surface area contributed by atoms with Crippen LogP contribution in [-0.4, -0.2) is 47.8 Å². The number of piperidine rings is 1. The minimum absolute atomic E-state index is 0.0392. The van der Waals surface area contributed by atoms with Gasteiger partial charge in [0.1, 0.15) is 12.3 Å². The number of likely N-dealkylation sites (tertiary alicyclic amines) is 1. The van der Waals surface area contributed by atoms with E-state index in [4.69, 9.17) is 8.83 Å². The lowest BCUT2D eigenvalue weighted by atomic mass is 10.00. The van der Waals surface area contributed by atoms with Crippen molar-refractivity contribution in [2.24, 2.45) is 5.92 Å². The Morgan fingerprint density at radius 2 is 1.89 bits per heavy atom. The summed E-state index contributed by atoms with van der Waals surface area (Å²) in [6.07, 6.45) is 5.64. The first-order valence-electron chi connectivity index (χ1n) is 9.42. The zero-order chi connectivity index (χ0) is 20.1. The molecule has 2 aromatic rings. The summed E-state index contributed by atoms with van der Waals surface area (Å²) in [4.78, 5) is 39.0. The van der Waals surface area contributed by atoms with Crippen LogP contribution in [0.25, 0.3) is 0 Å². The zero-order valence-corrected chi connectivity index (χ0v) is 16.0. The summed E-state index contributed by atoms with van der Waals surface area (Å²) >= 11 is 0. The fourth-order valence-corrected chi connectivity index (χ4v) is 3.24. The predicted octanol–water partition coefficient (Wildman–Crippen LogP) is 2.05. The van der Waals surface area contributed by atoms with Crippen LogP contribution in [0.15, 0.2) is 45.8 Å². The highest BCUT2D eigenvalue weighted by atomic mass is 16.3. The molecule has 2 N–H and O–H groups in total. The number of hydrogen-bond donors (Lipinski definition) is 2. The molecule has 8 nitrogen and oxygen atoms in total. The third-order valence-electron chi connectivity index (χ3n) is 4.88. The summed E-state index contributed by atoms with van der Waals surface area (Å²) in [6, 6.07) is 4.12. The monoisotopic (exact) mass is 387 g/mol. The minimum atomic E-state index is -0.664. The molecule has 8 heteroatoms. The highest BCUT2D eigenvalue weighted by molar-refractivity contribution is 5.95. The van der Waals surface area contributed by atoms with Gasteiger partial charge < -0.3 is 24.4 Å². The van der Waals surface area contributed by atoms with Gasteiger partial charge >= 0.3 is 0 Å². The number of amides is 3. The SMILES string of the molecule is CC(C)C(NC(=O)c1ccco1)C(=O)NC1CCN(C(=O)c2ccoc2)CC1. The van der Waals surface area contributed by atoms with E-state index < -0.39 is 11.9 Å². The largest absolute Gasteiger partial charge is 0.472 e. The molecule has 0 saturated carbocycles. The molecule has 1 aliphatic heterocycles. The van der Waals surface area contributed by atoms with Crippen LogP contribution >= 0.6 is 0 Å². The van der Waals surface area contributed by atoms with Gasteiger partial charge in [0, 0.05) is 19.1 Å². The lowest BCUT2D eigenvalue weighted by molar-refractivity contribution is -0.124. The molecule has 2 aromatic heterocycles. The number of carbonyl (C=O) groups excluding carboxylic acids is 3. The Kier molecular flexibility index (Phi) is 6.18. The third-order valence-corrected chi connectivity index (χ3v) is 4.88. The van der Waals surface area contributed by atoms with Gasteiger partial charge in [-0.25, -0.2) is 0 Å². The molecule has 28 heavy (non-hydrogen) atoms. The molecule has 1 aliphatic rings. The van der Waals surface area contributed by atoms with Crippen molar-refractivity contribution >= 4 is 17.7 Å². The van der Waals surface area contributed by atoms with E-state index >= 15 is 0 Å². The van der Waals surface area contributed by atoms with Crippen LogP contribution in [0.2, 0.25) is 0 Å². The number of rotatable bonds is 6. The molecule has 0 spiro atoms. The van der Waals surface area contributed by atoms with Gasteiger partial charge in [-0.05, 0) is 37.0 Å². The Balaban J connectivity index is 1.52. The second-order valence-electron chi connectivity index (χ2n) is 7.26. The van der Waals surface area contributed by atoms with Crippen molar-refractivity contribution in [2.75, 3.05) is 13.1 Å². The molecule has 0 radical (unpaired) electrons. The minimum Gasteiger partial charge on any atom is -0.472 e. The molecule has 0 aliphatic carbocycles. The highest BCUT2D eigenvalue weighted by Crippen LogP contribution is 2.15. The molecule has 0 bridgehead atoms. The fraction of sp³-hybridized carbons (Fsp3) is 0.450. The van der Waals surface area contributed by atoms with Gasteiger partial charge in [-0.3, -0.25) is 14.4 Å². The lowest BCUT2D eigenvalue weighted by Gasteiger charge is -2.33. The van der Waals surface area contributed by atoms with Crippen molar-refractivity contribution in [1.29, 1.82) is 0 Å². The molecule has 1 atom stereocenters. The normalized spacial score (nSPS) is 16.0. The molecular weight excluding hydrogens is 362 g/mol. The average Bonchev–Trinajstić information content (AvgIpc) is 3.39. The molecule has 0 aromatic carbocycles. The van der Waals surface area contributed by atoms with Crippen molar-refractivity contribution in [3.05, 3.63) is 48.3 Å². The summed E-state index contributed by atoms with van der Waals surface area (Å²) in [5.74, 6) is -0.621. The van der Waals surface area contributed by atoms with E-state index in [1.54, 1.807) is 23.1 Å². The summed E-state index contributed by atoms with van der Waals surface area (Å²) in [5.41, 5.74) is 0.531. The third kappa shape index (κ3) is 4.62. The number of nitrogens with zero attached hydrogens (tertiary/aromatic N) is 1. The first kappa shape index (κ1) is 19.7. The standard InChI is InChI=1S/C20H25N3O5/c1-13(2)17(22-18(24)16-4-3-10-28-16)19(25)21-15-5-8-23(9-6-15)20(26)14-7-11-27-12-14/h3-4,7,10-13,15,17H,5-6,8-9H2,1-2H3,(H,21,25)(H,22,24). The van der Waals surface area contributed by atoms with Gasteiger partial charge in [-0.1, -0.05) is 13.8 Å². The van der Waals surface area contributed by atoms with Crippen LogP contribution in [0.1, 0.15) is 47.6 Å². The van der Waals surface area contributed by atoms with Crippen LogP contribution in [0.5, 0.6) is 0 Å². The zero-order valence-electron chi connectivity index (χ0n) is 16.0. The number of carbonyl (C=O) groups is 3. The van der Waals surface area contributed by atoms with Crippen LogP contribution in [0.3, 0.4) is 0 Å². The Morgan fingerprint density at radius 1 is 1.14 bits per heavy atom. The quantitative estimate of drug-likeness (QED) is 0.789. The maximum absolute atomic E-state index is 12.7. The van der Waals surface area contributed by atoms with Crippen molar-refractivity contribution < 1.29 is 23.2 Å². The predicted molar refractivity (Wildman–Crippen MR) is 101 cm³/mol. The first-order valence-corrected chi connectivity index (χ1v) is 9.42. The maximum Gasteiger partial charge on any atom is 0.287 e. The molecular formula is C20H25N3O5. The van der Waals surface area contributed by atoms with Gasteiger partial charge in [0.2, 0.25) is 5.91 Å². The fourth-order valence-electron chi connectivity index (χ4n) is 3.24. The second-order valence-corrected chi connectivity index (χ2v) is 7.26. The Hall–Kier alpha value is -3.03. The van der Waals surface area contributed by atoms with E-state index in [0.717, 1.165) is 0 Å². The van der Waals surface area contributed by atoms with E-state index in [1.807, 2.05) is 13.8 Å². The molecule has 1 fully saturated rings. The van der Waals surface area contributed by atoms with Crippen LogP contribution in [0.4, 0.5) is 0 Å². The molecule has 3 rings (SSSR count). The van der Waals surface area contributed by atoms with E-state index in [-0.39, 0.29) is 29.5 Å². The van der Waals surface area contributed by atoms with Crippen LogP contribution in [-0.2, 0) is 4.79 Å². The van der Waals surface area contributed by atoms with E-state index in [2.05, 4.69) is 10.6 Å². The molecule has 3 heterocycles. The number of hydrogen-bond acceptors (Lipinski definition) is 5. The molecule has 3 amide bonds. The van der Waals surface area contributed by atoms with Crippen molar-refractivity contribution in [2.45, 2.75) is 38.8 Å². The molecule has 150 valence electrons. The van der Waals surface area contributed by atoms with Crippen molar-refractivity contribution in [3.8, 4) is 0 Å². The average molecular weight is 387 g/mol. The maximum atomic E-state index is 12.7. The van der Waals surface area contributed by atoms with Gasteiger partial charge in [-0.15, -0.1) is 0 Å². The Labute approximate surface area is 163 Å². The summed E-state index contributed by atoms with van der Waals surface area (Å²) in [7, 11) is 0. The van der Waals surface area contributed by atoms with Crippen molar-refractivity contribution in [3.63, 3.8) is 0 Å². The first-order chi connectivity index (χ1) is 13.5. The molecule has 1 unspecified atom stereocenters. The van der Waals surface area contributed by atoms with E-state index in [9.17, 15) is 14.4 Å². The van der Waals surface area contributed by atoms with E-state index in [1.165, 1.54) is 18.8 Å². The number of nitrogens with one attached hydrogen (secondary N) is 2. The highest BCUT2D eigenvalue weighted by Gasteiger charge is 2.30. The number of furan rings is 2. The molecule has 1 saturated heterocycles.